The molecule has 0 saturated heterocycles. The van der Waals surface area contributed by atoms with E-state index in [1.54, 1.807) is 14.2 Å². The molecule has 0 radical (unpaired) electrons. The zero-order valence-corrected chi connectivity index (χ0v) is 17.4. The molecule has 1 aliphatic heterocycles. The Morgan fingerprint density at radius 2 is 1.69 bits per heavy atom. The molecule has 29 heavy (non-hydrogen) atoms. The number of aliphatic hydroxyl groups excluding tert-OH is 1. The lowest BCUT2D eigenvalue weighted by atomic mass is 9.85. The lowest BCUT2D eigenvalue weighted by Crippen LogP contribution is -2.39. The number of phenols is 1. The van der Waals surface area contributed by atoms with Gasteiger partial charge in [-0.05, 0) is 49.4 Å². The van der Waals surface area contributed by atoms with Crippen LogP contribution >= 0.6 is 0 Å². The summed E-state index contributed by atoms with van der Waals surface area (Å²) in [5, 5.41) is 26.8. The standard InChI is InChI=1S/C24H27NO4/c1-12-10-15-6-7-16(23(27)21(15)19(11-12)28-4)17-8-9-18-20(24(17)29-5)13(2)25-14(3)22(18)26/h6-11,13-14,22,25-27H,1-5H3/t13-,14-,22+/m1/s1. The number of phenolic OH excluding ortho intramolecular Hbond substituents is 1. The predicted octanol–water partition coefficient (Wildman–Crippen LogP) is 4.62. The summed E-state index contributed by atoms with van der Waals surface area (Å²) >= 11 is 0. The molecule has 152 valence electrons. The lowest BCUT2D eigenvalue weighted by Gasteiger charge is -2.35. The fraction of sp³-hybridized carbons (Fsp3) is 0.333. The number of ether oxygens (including phenoxy) is 2. The van der Waals surface area contributed by atoms with Gasteiger partial charge in [0.2, 0.25) is 0 Å². The highest BCUT2D eigenvalue weighted by atomic mass is 16.5. The molecule has 0 amide bonds. The number of benzene rings is 3. The van der Waals surface area contributed by atoms with E-state index in [4.69, 9.17) is 9.47 Å². The van der Waals surface area contributed by atoms with Gasteiger partial charge < -0.3 is 25.0 Å². The van der Waals surface area contributed by atoms with Crippen LogP contribution in [0.1, 0.15) is 42.7 Å². The number of methoxy groups -OCH3 is 2. The average Bonchev–Trinajstić information content (AvgIpc) is 2.70. The quantitative estimate of drug-likeness (QED) is 0.605. The normalized spacial score (nSPS) is 21.1. The van der Waals surface area contributed by atoms with Crippen molar-refractivity contribution < 1.29 is 19.7 Å². The Balaban J connectivity index is 1.99. The molecule has 0 fully saturated rings. The average molecular weight is 393 g/mol. The Hall–Kier alpha value is -2.76. The number of aromatic hydroxyl groups is 1. The van der Waals surface area contributed by atoms with Crippen LogP contribution < -0.4 is 14.8 Å². The van der Waals surface area contributed by atoms with Gasteiger partial charge in [0, 0.05) is 28.8 Å². The van der Waals surface area contributed by atoms with Gasteiger partial charge in [-0.3, -0.25) is 0 Å². The zero-order chi connectivity index (χ0) is 20.9. The smallest absolute Gasteiger partial charge is 0.135 e. The molecule has 5 nitrogen and oxygen atoms in total. The second-order valence-electron chi connectivity index (χ2n) is 7.80. The van der Waals surface area contributed by atoms with Crippen molar-refractivity contribution in [2.75, 3.05) is 14.2 Å². The molecule has 5 heteroatoms. The first-order chi connectivity index (χ1) is 13.9. The minimum absolute atomic E-state index is 0.0121. The summed E-state index contributed by atoms with van der Waals surface area (Å²) < 4.78 is 11.3. The third kappa shape index (κ3) is 3.02. The number of aryl methyl sites for hydroxylation is 1. The topological polar surface area (TPSA) is 71.0 Å². The molecule has 0 unspecified atom stereocenters. The fourth-order valence-electron chi connectivity index (χ4n) is 4.52. The van der Waals surface area contributed by atoms with Crippen LogP contribution in [0.3, 0.4) is 0 Å². The van der Waals surface area contributed by atoms with Gasteiger partial charge in [-0.1, -0.05) is 24.3 Å². The lowest BCUT2D eigenvalue weighted by molar-refractivity contribution is 0.116. The van der Waals surface area contributed by atoms with Crippen molar-refractivity contribution in [2.45, 2.75) is 39.0 Å². The van der Waals surface area contributed by atoms with Crippen LogP contribution in [0.15, 0.2) is 36.4 Å². The molecule has 0 spiro atoms. The molecule has 0 bridgehead atoms. The third-order valence-corrected chi connectivity index (χ3v) is 5.88. The van der Waals surface area contributed by atoms with Gasteiger partial charge in [-0.15, -0.1) is 0 Å². The monoisotopic (exact) mass is 393 g/mol. The van der Waals surface area contributed by atoms with Crippen LogP contribution in [0, 0.1) is 6.92 Å². The highest BCUT2D eigenvalue weighted by Crippen LogP contribution is 2.48. The van der Waals surface area contributed by atoms with E-state index in [1.165, 1.54) is 0 Å². The third-order valence-electron chi connectivity index (χ3n) is 5.88. The maximum atomic E-state index is 11.2. The fourth-order valence-corrected chi connectivity index (χ4v) is 4.52. The van der Waals surface area contributed by atoms with Gasteiger partial charge in [0.25, 0.3) is 0 Å². The Morgan fingerprint density at radius 3 is 2.38 bits per heavy atom. The summed E-state index contributed by atoms with van der Waals surface area (Å²) in [4.78, 5) is 0. The molecule has 3 aromatic carbocycles. The van der Waals surface area contributed by atoms with Gasteiger partial charge in [-0.25, -0.2) is 0 Å². The van der Waals surface area contributed by atoms with Crippen LogP contribution in [0.4, 0.5) is 0 Å². The van der Waals surface area contributed by atoms with Crippen LogP contribution in [0.5, 0.6) is 17.2 Å². The van der Waals surface area contributed by atoms with E-state index < -0.39 is 6.10 Å². The SMILES string of the molecule is COc1c(-c2ccc3cc(C)cc(OC)c3c2O)ccc2c1[C@@H](C)N[C@H](C)[C@@H]2O. The second-order valence-corrected chi connectivity index (χ2v) is 7.80. The van der Waals surface area contributed by atoms with Crippen molar-refractivity contribution in [1.82, 2.24) is 5.32 Å². The first-order valence-corrected chi connectivity index (χ1v) is 9.83. The summed E-state index contributed by atoms with van der Waals surface area (Å²) in [5.74, 6) is 1.45. The van der Waals surface area contributed by atoms with Crippen LogP contribution in [-0.2, 0) is 0 Å². The number of nitrogens with one attached hydrogen (secondary N) is 1. The second kappa shape index (κ2) is 7.25. The summed E-state index contributed by atoms with van der Waals surface area (Å²) in [6.45, 7) is 6.02. The maximum Gasteiger partial charge on any atom is 0.135 e. The maximum absolute atomic E-state index is 11.2. The molecule has 0 aliphatic carbocycles. The van der Waals surface area contributed by atoms with E-state index in [-0.39, 0.29) is 17.8 Å². The number of fused-ring (bicyclic) bond motifs is 2. The largest absolute Gasteiger partial charge is 0.507 e. The molecule has 1 heterocycles. The van der Waals surface area contributed by atoms with E-state index in [0.717, 1.165) is 27.6 Å². The van der Waals surface area contributed by atoms with Crippen molar-refractivity contribution >= 4 is 10.8 Å². The number of hydrogen-bond acceptors (Lipinski definition) is 5. The molecule has 3 atom stereocenters. The van der Waals surface area contributed by atoms with Crippen LogP contribution in [-0.4, -0.2) is 30.5 Å². The van der Waals surface area contributed by atoms with Crippen molar-refractivity contribution in [3.8, 4) is 28.4 Å². The minimum atomic E-state index is -0.614. The number of hydrogen-bond donors (Lipinski definition) is 3. The van der Waals surface area contributed by atoms with E-state index in [2.05, 4.69) is 12.2 Å². The molecule has 3 N–H and O–H groups in total. The van der Waals surface area contributed by atoms with E-state index >= 15 is 0 Å². The summed E-state index contributed by atoms with van der Waals surface area (Å²) in [6, 6.07) is 11.6. The van der Waals surface area contributed by atoms with Crippen LogP contribution in [0.25, 0.3) is 21.9 Å². The van der Waals surface area contributed by atoms with Gasteiger partial charge in [0.1, 0.15) is 17.2 Å². The van der Waals surface area contributed by atoms with E-state index in [0.29, 0.717) is 22.4 Å². The first kappa shape index (κ1) is 19.6. The molecular weight excluding hydrogens is 366 g/mol. The van der Waals surface area contributed by atoms with Gasteiger partial charge >= 0.3 is 0 Å². The highest BCUT2D eigenvalue weighted by molar-refractivity contribution is 6.00. The van der Waals surface area contributed by atoms with Gasteiger partial charge in [-0.2, -0.15) is 0 Å². The highest BCUT2D eigenvalue weighted by Gasteiger charge is 2.32. The van der Waals surface area contributed by atoms with E-state index in [1.807, 2.05) is 50.2 Å². The Morgan fingerprint density at radius 1 is 0.966 bits per heavy atom. The molecule has 0 saturated carbocycles. The number of aliphatic hydroxyl groups is 1. The molecular formula is C24H27NO4. The molecule has 1 aliphatic rings. The molecule has 0 aromatic heterocycles. The van der Waals surface area contributed by atoms with Crippen molar-refractivity contribution in [2.24, 2.45) is 0 Å². The Bertz CT molecular complexity index is 1090. The Labute approximate surface area is 170 Å². The minimum Gasteiger partial charge on any atom is -0.507 e. The molecule has 3 aromatic rings. The van der Waals surface area contributed by atoms with Gasteiger partial charge in [0.05, 0.1) is 25.7 Å². The zero-order valence-electron chi connectivity index (χ0n) is 17.4. The summed E-state index contributed by atoms with van der Waals surface area (Å²) in [7, 11) is 3.23. The van der Waals surface area contributed by atoms with Crippen LogP contribution in [0.2, 0.25) is 0 Å². The number of rotatable bonds is 3. The van der Waals surface area contributed by atoms with E-state index in [9.17, 15) is 10.2 Å². The van der Waals surface area contributed by atoms with Gasteiger partial charge in [0.15, 0.2) is 0 Å². The predicted molar refractivity (Wildman–Crippen MR) is 115 cm³/mol. The Kier molecular flexibility index (Phi) is 4.89. The molecule has 4 rings (SSSR count). The summed E-state index contributed by atoms with van der Waals surface area (Å²) in [6.07, 6.45) is -0.614. The first-order valence-electron chi connectivity index (χ1n) is 9.83. The summed E-state index contributed by atoms with van der Waals surface area (Å²) in [5.41, 5.74) is 4.29. The van der Waals surface area contributed by atoms with Crippen molar-refractivity contribution in [3.63, 3.8) is 0 Å². The van der Waals surface area contributed by atoms with Crippen molar-refractivity contribution in [1.29, 1.82) is 0 Å². The van der Waals surface area contributed by atoms with Crippen molar-refractivity contribution in [3.05, 3.63) is 53.1 Å².